The van der Waals surface area contributed by atoms with Crippen LogP contribution >= 0.6 is 0 Å². The number of hydrogen-bond donors (Lipinski definition) is 0. The average molecular weight is 355 g/mol. The number of morpholine rings is 1. The lowest BCUT2D eigenvalue weighted by Crippen LogP contribution is -2.43. The lowest BCUT2D eigenvalue weighted by Gasteiger charge is -2.32. The summed E-state index contributed by atoms with van der Waals surface area (Å²) in [5, 5.41) is 12.1. The molecular formula is C14H21N5O4S. The fourth-order valence-corrected chi connectivity index (χ4v) is 4.92. The molecule has 9 nitrogen and oxygen atoms in total. The summed E-state index contributed by atoms with van der Waals surface area (Å²) in [6, 6.07) is -0.631. The van der Waals surface area contributed by atoms with Crippen molar-refractivity contribution in [2.24, 2.45) is 0 Å². The average Bonchev–Trinajstić information content (AvgIpc) is 3.10. The van der Waals surface area contributed by atoms with E-state index in [1.54, 1.807) is 25.5 Å². The first-order valence-corrected chi connectivity index (χ1v) is 9.23. The minimum absolute atomic E-state index is 0.181. The summed E-state index contributed by atoms with van der Waals surface area (Å²) in [5.41, 5.74) is 1.11. The summed E-state index contributed by atoms with van der Waals surface area (Å²) >= 11 is 0. The lowest BCUT2D eigenvalue weighted by atomic mass is 10.3. The van der Waals surface area contributed by atoms with E-state index < -0.39 is 16.1 Å². The molecule has 3 heterocycles. The van der Waals surface area contributed by atoms with Gasteiger partial charge in [-0.25, -0.2) is 8.42 Å². The SMILES string of the molecule is CCn1nc(C)c(S(=O)(=O)N2CCOC[C@@H]2c2nnc(C)o2)c1C. The van der Waals surface area contributed by atoms with Crippen molar-refractivity contribution in [1.29, 1.82) is 0 Å². The van der Waals surface area contributed by atoms with Gasteiger partial charge in [-0.15, -0.1) is 10.2 Å². The smallest absolute Gasteiger partial charge is 0.247 e. The molecule has 1 fully saturated rings. The topological polar surface area (TPSA) is 103 Å². The highest BCUT2D eigenvalue weighted by atomic mass is 32.2. The van der Waals surface area contributed by atoms with E-state index in [4.69, 9.17) is 9.15 Å². The Morgan fingerprint density at radius 3 is 2.58 bits per heavy atom. The number of aromatic nitrogens is 4. The van der Waals surface area contributed by atoms with Crippen LogP contribution in [0.4, 0.5) is 0 Å². The van der Waals surface area contributed by atoms with Gasteiger partial charge in [0.2, 0.25) is 21.8 Å². The molecule has 3 rings (SSSR count). The number of nitrogens with zero attached hydrogens (tertiary/aromatic N) is 5. The van der Waals surface area contributed by atoms with Crippen molar-refractivity contribution in [2.75, 3.05) is 19.8 Å². The molecule has 1 aliphatic heterocycles. The normalized spacial score (nSPS) is 19.8. The maximum Gasteiger partial charge on any atom is 0.247 e. The second-order valence-corrected chi connectivity index (χ2v) is 7.51. The zero-order chi connectivity index (χ0) is 17.5. The Morgan fingerprint density at radius 1 is 1.25 bits per heavy atom. The molecule has 0 aliphatic carbocycles. The van der Waals surface area contributed by atoms with Gasteiger partial charge in [0.15, 0.2) is 0 Å². The van der Waals surface area contributed by atoms with Crippen LogP contribution in [0.2, 0.25) is 0 Å². The predicted octanol–water partition coefficient (Wildman–Crippen LogP) is 0.973. The first kappa shape index (κ1) is 17.1. The molecule has 24 heavy (non-hydrogen) atoms. The van der Waals surface area contributed by atoms with Crippen LogP contribution in [0.5, 0.6) is 0 Å². The highest BCUT2D eigenvalue weighted by molar-refractivity contribution is 7.89. The molecular weight excluding hydrogens is 334 g/mol. The number of hydrogen-bond acceptors (Lipinski definition) is 7. The van der Waals surface area contributed by atoms with Crippen molar-refractivity contribution in [3.05, 3.63) is 23.2 Å². The zero-order valence-corrected chi connectivity index (χ0v) is 15.0. The number of aryl methyl sites for hydroxylation is 3. The molecule has 0 saturated carbocycles. The van der Waals surface area contributed by atoms with E-state index >= 15 is 0 Å². The predicted molar refractivity (Wildman–Crippen MR) is 83.9 cm³/mol. The van der Waals surface area contributed by atoms with Crippen molar-refractivity contribution < 1.29 is 17.6 Å². The third-order valence-corrected chi connectivity index (χ3v) is 6.25. The van der Waals surface area contributed by atoms with Gasteiger partial charge in [-0.3, -0.25) is 4.68 Å². The van der Waals surface area contributed by atoms with Crippen molar-refractivity contribution in [3.8, 4) is 0 Å². The molecule has 0 aromatic carbocycles. The number of ether oxygens (including phenoxy) is 1. The molecule has 10 heteroatoms. The van der Waals surface area contributed by atoms with Crippen molar-refractivity contribution in [2.45, 2.75) is 45.2 Å². The summed E-state index contributed by atoms with van der Waals surface area (Å²) in [5.74, 6) is 0.632. The van der Waals surface area contributed by atoms with Crippen LogP contribution in [0.25, 0.3) is 0 Å². The molecule has 0 amide bonds. The Hall–Kier alpha value is -1.78. The van der Waals surface area contributed by atoms with Crippen molar-refractivity contribution in [1.82, 2.24) is 24.3 Å². The summed E-state index contributed by atoms with van der Waals surface area (Å²) in [6.45, 7) is 8.40. The first-order chi connectivity index (χ1) is 11.4. The molecule has 1 aliphatic rings. The van der Waals surface area contributed by atoms with Crippen LogP contribution in [0.3, 0.4) is 0 Å². The minimum atomic E-state index is -3.76. The van der Waals surface area contributed by atoms with Crippen LogP contribution in [0, 0.1) is 20.8 Å². The highest BCUT2D eigenvalue weighted by Gasteiger charge is 2.40. The van der Waals surface area contributed by atoms with Gasteiger partial charge in [0, 0.05) is 20.0 Å². The fourth-order valence-electron chi connectivity index (χ4n) is 3.00. The minimum Gasteiger partial charge on any atom is -0.424 e. The van der Waals surface area contributed by atoms with Crippen LogP contribution < -0.4 is 0 Å². The van der Waals surface area contributed by atoms with E-state index in [-0.39, 0.29) is 23.9 Å². The Balaban J connectivity index is 2.05. The largest absolute Gasteiger partial charge is 0.424 e. The molecule has 0 unspecified atom stereocenters. The van der Waals surface area contributed by atoms with Gasteiger partial charge in [0.05, 0.1) is 24.6 Å². The number of rotatable bonds is 4. The van der Waals surface area contributed by atoms with E-state index in [2.05, 4.69) is 15.3 Å². The molecule has 1 saturated heterocycles. The summed E-state index contributed by atoms with van der Waals surface area (Å²) < 4.78 is 40.5. The molecule has 0 spiro atoms. The zero-order valence-electron chi connectivity index (χ0n) is 14.2. The van der Waals surface area contributed by atoms with Crippen molar-refractivity contribution >= 4 is 10.0 Å². The van der Waals surface area contributed by atoms with Crippen LogP contribution in [-0.4, -0.2) is 52.5 Å². The Morgan fingerprint density at radius 2 is 2.00 bits per heavy atom. The van der Waals surface area contributed by atoms with Crippen molar-refractivity contribution in [3.63, 3.8) is 0 Å². The Bertz CT molecular complexity index is 841. The second kappa shape index (κ2) is 6.26. The van der Waals surface area contributed by atoms with E-state index in [1.807, 2.05) is 6.92 Å². The summed E-state index contributed by atoms with van der Waals surface area (Å²) in [6.07, 6.45) is 0. The number of sulfonamides is 1. The molecule has 0 radical (unpaired) electrons. The van der Waals surface area contributed by atoms with Gasteiger partial charge >= 0.3 is 0 Å². The van der Waals surface area contributed by atoms with E-state index in [0.29, 0.717) is 30.4 Å². The molecule has 132 valence electrons. The Kier molecular flexibility index (Phi) is 4.45. The molecule has 2 aromatic rings. The van der Waals surface area contributed by atoms with E-state index in [0.717, 1.165) is 0 Å². The summed E-state index contributed by atoms with van der Waals surface area (Å²) in [7, 11) is -3.76. The first-order valence-electron chi connectivity index (χ1n) is 7.79. The maximum absolute atomic E-state index is 13.3. The quantitative estimate of drug-likeness (QED) is 0.805. The van der Waals surface area contributed by atoms with Crippen LogP contribution in [0.15, 0.2) is 9.31 Å². The third-order valence-electron chi connectivity index (χ3n) is 4.09. The van der Waals surface area contributed by atoms with Gasteiger partial charge in [-0.05, 0) is 20.8 Å². The molecule has 2 aromatic heterocycles. The highest BCUT2D eigenvalue weighted by Crippen LogP contribution is 2.32. The van der Waals surface area contributed by atoms with Gasteiger partial charge < -0.3 is 9.15 Å². The Labute approximate surface area is 140 Å². The van der Waals surface area contributed by atoms with Gasteiger partial charge in [-0.2, -0.15) is 9.40 Å². The van der Waals surface area contributed by atoms with E-state index in [1.165, 1.54) is 4.31 Å². The maximum atomic E-state index is 13.3. The standard InChI is InChI=1S/C14H21N5O4S/c1-5-18-10(3)13(9(2)17-18)24(20,21)19-6-7-22-8-12(19)14-16-15-11(4)23-14/h12H,5-8H2,1-4H3/t12-/m1/s1. The monoisotopic (exact) mass is 355 g/mol. The van der Waals surface area contributed by atoms with Gasteiger partial charge in [-0.1, -0.05) is 0 Å². The lowest BCUT2D eigenvalue weighted by molar-refractivity contribution is 0.0221. The molecule has 0 bridgehead atoms. The van der Waals surface area contributed by atoms with Gasteiger partial charge in [0.1, 0.15) is 10.9 Å². The second-order valence-electron chi connectivity index (χ2n) is 5.68. The third kappa shape index (κ3) is 2.74. The molecule has 0 N–H and O–H groups in total. The molecule has 1 atom stereocenters. The fraction of sp³-hybridized carbons (Fsp3) is 0.643. The van der Waals surface area contributed by atoms with Crippen LogP contribution in [0.1, 0.15) is 36.1 Å². The summed E-state index contributed by atoms with van der Waals surface area (Å²) in [4.78, 5) is 0.243. The van der Waals surface area contributed by atoms with E-state index in [9.17, 15) is 8.42 Å². The van der Waals surface area contributed by atoms with Gasteiger partial charge in [0.25, 0.3) is 0 Å². The van der Waals surface area contributed by atoms with Crippen LogP contribution in [-0.2, 0) is 21.3 Å².